The van der Waals surface area contributed by atoms with E-state index >= 15 is 0 Å². The van der Waals surface area contributed by atoms with E-state index in [1.54, 1.807) is 35.7 Å². The second-order valence-electron chi connectivity index (χ2n) is 7.30. The van der Waals surface area contributed by atoms with Crippen molar-refractivity contribution < 1.29 is 23.8 Å². The number of ether oxygens (including phenoxy) is 1. The van der Waals surface area contributed by atoms with Gasteiger partial charge < -0.3 is 14.7 Å². The third kappa shape index (κ3) is 4.03. The lowest BCUT2D eigenvalue weighted by Crippen LogP contribution is -2.39. The molecule has 8 heteroatoms. The summed E-state index contributed by atoms with van der Waals surface area (Å²) in [5, 5.41) is 12.3. The van der Waals surface area contributed by atoms with Crippen molar-refractivity contribution in [3.8, 4) is 0 Å². The van der Waals surface area contributed by atoms with Gasteiger partial charge in [0.25, 0.3) is 5.91 Å². The largest absolute Gasteiger partial charge is 0.503 e. The third-order valence-electron chi connectivity index (χ3n) is 5.47. The summed E-state index contributed by atoms with van der Waals surface area (Å²) in [6.07, 6.45) is 0.643. The molecule has 2 aliphatic heterocycles. The summed E-state index contributed by atoms with van der Waals surface area (Å²) in [6.45, 7) is 4.09. The lowest BCUT2D eigenvalue weighted by atomic mass is 9.95. The van der Waals surface area contributed by atoms with Crippen LogP contribution in [0.3, 0.4) is 0 Å². The molecule has 0 spiro atoms. The van der Waals surface area contributed by atoms with Crippen LogP contribution >= 0.6 is 11.3 Å². The average Bonchev–Trinajstić information content (AvgIpc) is 3.38. The van der Waals surface area contributed by atoms with Crippen LogP contribution in [0.25, 0.3) is 0 Å². The molecule has 158 valence electrons. The van der Waals surface area contributed by atoms with Crippen molar-refractivity contribution in [2.24, 2.45) is 0 Å². The van der Waals surface area contributed by atoms with Gasteiger partial charge in [0, 0.05) is 31.7 Å². The van der Waals surface area contributed by atoms with E-state index in [4.69, 9.17) is 4.74 Å². The Hall–Kier alpha value is -2.55. The highest BCUT2D eigenvalue weighted by Gasteiger charge is 2.44. The predicted octanol–water partition coefficient (Wildman–Crippen LogP) is 3.19. The van der Waals surface area contributed by atoms with Gasteiger partial charge in [-0.05, 0) is 23.9 Å². The molecule has 1 saturated heterocycles. The molecule has 6 nitrogen and oxygen atoms in total. The maximum atomic E-state index is 14.7. The number of aliphatic hydroxyl groups excluding tert-OH is 1. The van der Waals surface area contributed by atoms with E-state index in [1.165, 1.54) is 22.3 Å². The molecular formula is C22H23FN2O4S. The fourth-order valence-electron chi connectivity index (χ4n) is 3.97. The van der Waals surface area contributed by atoms with E-state index in [-0.39, 0.29) is 11.1 Å². The smallest absolute Gasteiger partial charge is 0.290 e. The number of rotatable bonds is 7. The van der Waals surface area contributed by atoms with Crippen molar-refractivity contribution in [1.82, 2.24) is 9.80 Å². The summed E-state index contributed by atoms with van der Waals surface area (Å²) in [4.78, 5) is 30.0. The van der Waals surface area contributed by atoms with Crippen molar-refractivity contribution >= 4 is 23.0 Å². The highest BCUT2D eigenvalue weighted by Crippen LogP contribution is 2.40. The molecule has 0 aliphatic carbocycles. The first kappa shape index (κ1) is 20.7. The van der Waals surface area contributed by atoms with Crippen molar-refractivity contribution in [2.45, 2.75) is 12.5 Å². The van der Waals surface area contributed by atoms with E-state index in [0.717, 1.165) is 19.6 Å². The predicted molar refractivity (Wildman–Crippen MR) is 111 cm³/mol. The lowest BCUT2D eigenvalue weighted by Gasteiger charge is -2.30. The summed E-state index contributed by atoms with van der Waals surface area (Å²) in [5.41, 5.74) is 0.153. The minimum absolute atomic E-state index is 0.0566. The third-order valence-corrected chi connectivity index (χ3v) is 6.34. The first-order valence-electron chi connectivity index (χ1n) is 9.94. The van der Waals surface area contributed by atoms with Crippen LogP contribution in [0.15, 0.2) is 53.1 Å². The van der Waals surface area contributed by atoms with Gasteiger partial charge in [-0.3, -0.25) is 14.5 Å². The molecule has 0 unspecified atom stereocenters. The molecule has 30 heavy (non-hydrogen) atoms. The van der Waals surface area contributed by atoms with E-state index < -0.39 is 29.3 Å². The Labute approximate surface area is 178 Å². The molecule has 4 rings (SSSR count). The van der Waals surface area contributed by atoms with Crippen molar-refractivity contribution in [3.63, 3.8) is 0 Å². The molecule has 1 aromatic carbocycles. The summed E-state index contributed by atoms with van der Waals surface area (Å²) >= 11 is 1.22. The summed E-state index contributed by atoms with van der Waals surface area (Å²) in [7, 11) is 0. The number of hydrogen-bond donors (Lipinski definition) is 1. The van der Waals surface area contributed by atoms with E-state index in [2.05, 4.69) is 4.90 Å². The van der Waals surface area contributed by atoms with Crippen molar-refractivity contribution in [1.29, 1.82) is 0 Å². The molecule has 2 aliphatic rings. The van der Waals surface area contributed by atoms with Gasteiger partial charge in [0.15, 0.2) is 5.76 Å². The molecule has 0 bridgehead atoms. The number of carbonyl (C=O) groups is 2. The van der Waals surface area contributed by atoms with E-state index in [9.17, 15) is 19.1 Å². The zero-order valence-electron chi connectivity index (χ0n) is 16.4. The number of morpholine rings is 1. The van der Waals surface area contributed by atoms with Gasteiger partial charge in [0.2, 0.25) is 5.78 Å². The van der Waals surface area contributed by atoms with Crippen LogP contribution in [-0.2, 0) is 9.53 Å². The Balaban J connectivity index is 1.61. The second-order valence-corrected chi connectivity index (χ2v) is 8.25. The normalized spacial score (nSPS) is 20.2. The standard InChI is InChI=1S/C22H23FN2O4S/c23-16-6-2-1-5-15(16)19-18(20(26)17-7-3-14-30-17)21(27)22(28)25(19)9-4-8-24-10-12-29-13-11-24/h1-3,5-7,14,19,27H,4,8-13H2/t19-/m1/s1. The molecule has 2 aromatic rings. The van der Waals surface area contributed by atoms with E-state index in [1.807, 2.05) is 0 Å². The van der Waals surface area contributed by atoms with Crippen molar-refractivity contribution in [2.75, 3.05) is 39.4 Å². The fourth-order valence-corrected chi connectivity index (χ4v) is 4.64. The van der Waals surface area contributed by atoms with Crippen LogP contribution in [-0.4, -0.2) is 66.0 Å². The number of amides is 1. The molecule has 1 N–H and O–H groups in total. The zero-order valence-corrected chi connectivity index (χ0v) is 17.2. The number of benzene rings is 1. The second kappa shape index (κ2) is 9.07. The summed E-state index contributed by atoms with van der Waals surface area (Å²) < 4.78 is 20.0. The zero-order chi connectivity index (χ0) is 21.1. The molecule has 0 radical (unpaired) electrons. The Bertz CT molecular complexity index is 954. The van der Waals surface area contributed by atoms with Gasteiger partial charge in [0.05, 0.1) is 29.7 Å². The number of halogens is 1. The summed E-state index contributed by atoms with van der Waals surface area (Å²) in [6, 6.07) is 8.50. The van der Waals surface area contributed by atoms with Crippen LogP contribution in [0.2, 0.25) is 0 Å². The molecule has 1 fully saturated rings. The molecule has 1 atom stereocenters. The minimum Gasteiger partial charge on any atom is -0.503 e. The average molecular weight is 431 g/mol. The topological polar surface area (TPSA) is 70.1 Å². The number of hydrogen-bond acceptors (Lipinski definition) is 6. The number of carbonyl (C=O) groups excluding carboxylic acids is 2. The van der Waals surface area contributed by atoms with Crippen LogP contribution in [0.4, 0.5) is 4.39 Å². The lowest BCUT2D eigenvalue weighted by molar-refractivity contribution is -0.129. The van der Waals surface area contributed by atoms with E-state index in [0.29, 0.717) is 31.1 Å². The van der Waals surface area contributed by atoms with Gasteiger partial charge in [0.1, 0.15) is 5.82 Å². The van der Waals surface area contributed by atoms with Crippen LogP contribution < -0.4 is 0 Å². The van der Waals surface area contributed by atoms with Crippen LogP contribution in [0.1, 0.15) is 27.7 Å². The SMILES string of the molecule is O=C(C1=C(O)C(=O)N(CCCN2CCOCC2)[C@@H]1c1ccccc1F)c1cccs1. The first-order valence-corrected chi connectivity index (χ1v) is 10.8. The summed E-state index contributed by atoms with van der Waals surface area (Å²) in [5.74, 6) is -2.18. The maximum absolute atomic E-state index is 14.7. The molecule has 0 saturated carbocycles. The quantitative estimate of drug-likeness (QED) is 0.684. The first-order chi connectivity index (χ1) is 14.6. The molecular weight excluding hydrogens is 407 g/mol. The van der Waals surface area contributed by atoms with Crippen LogP contribution in [0.5, 0.6) is 0 Å². The molecule has 3 heterocycles. The Morgan fingerprint density at radius 1 is 1.17 bits per heavy atom. The van der Waals surface area contributed by atoms with Crippen molar-refractivity contribution in [3.05, 3.63) is 69.4 Å². The van der Waals surface area contributed by atoms with Gasteiger partial charge >= 0.3 is 0 Å². The fraction of sp³-hybridized carbons (Fsp3) is 0.364. The highest BCUT2D eigenvalue weighted by atomic mass is 32.1. The van der Waals surface area contributed by atoms with Crippen LogP contribution in [0, 0.1) is 5.82 Å². The number of Topliss-reactive ketones (excluding diaryl/α,β-unsaturated/α-hetero) is 1. The minimum atomic E-state index is -0.946. The van der Waals surface area contributed by atoms with Gasteiger partial charge in [-0.2, -0.15) is 0 Å². The van der Waals surface area contributed by atoms with Gasteiger partial charge in [-0.15, -0.1) is 11.3 Å². The van der Waals surface area contributed by atoms with Gasteiger partial charge in [-0.25, -0.2) is 4.39 Å². The molecule has 1 amide bonds. The maximum Gasteiger partial charge on any atom is 0.290 e. The molecule has 1 aromatic heterocycles. The Morgan fingerprint density at radius 2 is 1.93 bits per heavy atom. The van der Waals surface area contributed by atoms with Gasteiger partial charge in [-0.1, -0.05) is 24.3 Å². The number of ketones is 1. The number of thiophene rings is 1. The number of aliphatic hydroxyl groups is 1. The number of nitrogens with zero attached hydrogens (tertiary/aromatic N) is 2. The monoisotopic (exact) mass is 430 g/mol. The Morgan fingerprint density at radius 3 is 2.63 bits per heavy atom. The Kier molecular flexibility index (Phi) is 6.26. The highest BCUT2D eigenvalue weighted by molar-refractivity contribution is 7.12.